The van der Waals surface area contributed by atoms with E-state index in [1.807, 2.05) is 36.4 Å². The Morgan fingerprint density at radius 3 is 2.54 bits per heavy atom. The number of amides is 1. The van der Waals surface area contributed by atoms with Crippen molar-refractivity contribution in [3.8, 4) is 5.75 Å². The molecule has 0 aromatic heterocycles. The van der Waals surface area contributed by atoms with E-state index >= 15 is 0 Å². The van der Waals surface area contributed by atoms with E-state index in [0.717, 1.165) is 18.7 Å². The number of carbonyl (C=O) groups is 1. The van der Waals surface area contributed by atoms with Gasteiger partial charge in [-0.15, -0.1) is 0 Å². The molecule has 126 valence electrons. The molecule has 0 saturated heterocycles. The highest BCUT2D eigenvalue weighted by Gasteiger charge is 2.06. The first-order valence-corrected chi connectivity index (χ1v) is 7.96. The zero-order valence-corrected chi connectivity index (χ0v) is 14.4. The minimum Gasteiger partial charge on any atom is -0.495 e. The second-order valence-electron chi connectivity index (χ2n) is 5.72. The maximum absolute atomic E-state index is 11.3. The second kappa shape index (κ2) is 8.89. The van der Waals surface area contributed by atoms with Crippen molar-refractivity contribution >= 4 is 17.7 Å². The maximum atomic E-state index is 11.3. The topological polar surface area (TPSA) is 50.4 Å². The highest BCUT2D eigenvalue weighted by molar-refractivity contribution is 5.90. The summed E-state index contributed by atoms with van der Waals surface area (Å²) in [6, 6.07) is 16.1. The van der Waals surface area contributed by atoms with Crippen molar-refractivity contribution < 1.29 is 9.53 Å². The van der Waals surface area contributed by atoms with E-state index in [1.54, 1.807) is 7.11 Å². The zero-order valence-electron chi connectivity index (χ0n) is 14.4. The number of nitrogens with one attached hydrogen (secondary N) is 2. The summed E-state index contributed by atoms with van der Waals surface area (Å²) < 4.78 is 5.27. The predicted molar refractivity (Wildman–Crippen MR) is 99.1 cm³/mol. The molecule has 0 aliphatic rings. The van der Waals surface area contributed by atoms with E-state index in [1.165, 1.54) is 18.1 Å². The van der Waals surface area contributed by atoms with Gasteiger partial charge in [-0.2, -0.15) is 0 Å². The highest BCUT2D eigenvalue weighted by atomic mass is 16.5. The number of hydrogen-bond donors (Lipinski definition) is 2. The Morgan fingerprint density at radius 1 is 1.12 bits per heavy atom. The number of rotatable bonds is 7. The SMILES string of the molecule is COc1ccc(CNC/C(C)=C/c2ccccc2)cc1NC(C)=O. The lowest BCUT2D eigenvalue weighted by Gasteiger charge is -2.12. The molecule has 0 aliphatic carbocycles. The minimum atomic E-state index is -0.111. The van der Waals surface area contributed by atoms with Crippen LogP contribution in [0.25, 0.3) is 6.08 Å². The molecule has 0 radical (unpaired) electrons. The highest BCUT2D eigenvalue weighted by Crippen LogP contribution is 2.25. The van der Waals surface area contributed by atoms with E-state index in [4.69, 9.17) is 4.74 Å². The Labute approximate surface area is 143 Å². The second-order valence-corrected chi connectivity index (χ2v) is 5.72. The first kappa shape index (κ1) is 17.8. The van der Waals surface area contributed by atoms with Gasteiger partial charge in [0.1, 0.15) is 5.75 Å². The van der Waals surface area contributed by atoms with Gasteiger partial charge in [-0.05, 0) is 30.2 Å². The Balaban J connectivity index is 1.94. The molecule has 2 aromatic rings. The van der Waals surface area contributed by atoms with E-state index in [9.17, 15) is 4.79 Å². The summed E-state index contributed by atoms with van der Waals surface area (Å²) in [6.07, 6.45) is 2.17. The van der Waals surface area contributed by atoms with E-state index in [0.29, 0.717) is 11.4 Å². The third-order valence-electron chi connectivity index (χ3n) is 3.52. The summed E-state index contributed by atoms with van der Waals surface area (Å²) >= 11 is 0. The summed E-state index contributed by atoms with van der Waals surface area (Å²) in [7, 11) is 1.59. The molecule has 2 N–H and O–H groups in total. The molecule has 1 amide bonds. The van der Waals surface area contributed by atoms with E-state index < -0.39 is 0 Å². The molecule has 4 heteroatoms. The van der Waals surface area contributed by atoms with Crippen LogP contribution in [0, 0.1) is 0 Å². The molecule has 0 heterocycles. The van der Waals surface area contributed by atoms with Crippen LogP contribution in [0.3, 0.4) is 0 Å². The van der Waals surface area contributed by atoms with Gasteiger partial charge in [-0.1, -0.05) is 48.0 Å². The standard InChI is InChI=1S/C20H24N2O2/c1-15(11-17-7-5-4-6-8-17)13-21-14-18-9-10-20(24-3)19(12-18)22-16(2)23/h4-12,21H,13-14H2,1-3H3,(H,22,23)/b15-11+. The molecule has 0 unspecified atom stereocenters. The predicted octanol–water partition coefficient (Wildman–Crippen LogP) is 3.85. The van der Waals surface area contributed by atoms with Gasteiger partial charge in [0, 0.05) is 20.0 Å². The van der Waals surface area contributed by atoms with Gasteiger partial charge >= 0.3 is 0 Å². The minimum absolute atomic E-state index is 0.111. The Bertz CT molecular complexity index is 709. The first-order chi connectivity index (χ1) is 11.6. The fraction of sp³-hybridized carbons (Fsp3) is 0.250. The summed E-state index contributed by atoms with van der Waals surface area (Å²) in [5.74, 6) is 0.550. The number of ether oxygens (including phenoxy) is 1. The van der Waals surface area contributed by atoms with Gasteiger partial charge in [-0.25, -0.2) is 0 Å². The lowest BCUT2D eigenvalue weighted by atomic mass is 10.1. The number of hydrogen-bond acceptors (Lipinski definition) is 3. The van der Waals surface area contributed by atoms with Gasteiger partial charge < -0.3 is 15.4 Å². The number of anilines is 1. The van der Waals surface area contributed by atoms with Crippen molar-refractivity contribution in [2.24, 2.45) is 0 Å². The molecular formula is C20H24N2O2. The Morgan fingerprint density at radius 2 is 1.88 bits per heavy atom. The van der Waals surface area contributed by atoms with Crippen LogP contribution >= 0.6 is 0 Å². The molecule has 0 bridgehead atoms. The van der Waals surface area contributed by atoms with Crippen molar-refractivity contribution in [3.05, 3.63) is 65.2 Å². The van der Waals surface area contributed by atoms with Crippen LogP contribution in [0.4, 0.5) is 5.69 Å². The van der Waals surface area contributed by atoms with Gasteiger partial charge in [0.2, 0.25) is 5.91 Å². The van der Waals surface area contributed by atoms with Crippen molar-refractivity contribution in [1.82, 2.24) is 5.32 Å². The fourth-order valence-corrected chi connectivity index (χ4v) is 2.44. The summed E-state index contributed by atoms with van der Waals surface area (Å²) in [5.41, 5.74) is 4.25. The van der Waals surface area contributed by atoms with Crippen LogP contribution in [-0.2, 0) is 11.3 Å². The fourth-order valence-electron chi connectivity index (χ4n) is 2.44. The normalized spacial score (nSPS) is 11.2. The molecule has 0 atom stereocenters. The Hall–Kier alpha value is -2.59. The number of benzene rings is 2. The van der Waals surface area contributed by atoms with Gasteiger partial charge in [-0.3, -0.25) is 4.79 Å². The molecule has 2 rings (SSSR count). The van der Waals surface area contributed by atoms with Crippen molar-refractivity contribution in [3.63, 3.8) is 0 Å². The Kier molecular flexibility index (Phi) is 6.58. The summed E-state index contributed by atoms with van der Waals surface area (Å²) in [5, 5.41) is 6.21. The molecule has 24 heavy (non-hydrogen) atoms. The third kappa shape index (κ3) is 5.56. The maximum Gasteiger partial charge on any atom is 0.221 e. The van der Waals surface area contributed by atoms with Crippen molar-refractivity contribution in [2.45, 2.75) is 20.4 Å². The average molecular weight is 324 g/mol. The molecule has 0 saturated carbocycles. The monoisotopic (exact) mass is 324 g/mol. The van der Waals surface area contributed by atoms with Crippen molar-refractivity contribution in [2.75, 3.05) is 19.0 Å². The van der Waals surface area contributed by atoms with E-state index in [2.05, 4.69) is 35.8 Å². The van der Waals surface area contributed by atoms with E-state index in [-0.39, 0.29) is 5.91 Å². The quantitative estimate of drug-likeness (QED) is 0.813. The lowest BCUT2D eigenvalue weighted by Crippen LogP contribution is -2.16. The third-order valence-corrected chi connectivity index (χ3v) is 3.52. The largest absolute Gasteiger partial charge is 0.495 e. The molecular weight excluding hydrogens is 300 g/mol. The van der Waals surface area contributed by atoms with Crippen LogP contribution in [-0.4, -0.2) is 19.6 Å². The molecule has 0 spiro atoms. The average Bonchev–Trinajstić information content (AvgIpc) is 2.55. The molecule has 4 nitrogen and oxygen atoms in total. The van der Waals surface area contributed by atoms with Crippen LogP contribution < -0.4 is 15.4 Å². The zero-order chi connectivity index (χ0) is 17.4. The van der Waals surface area contributed by atoms with Crippen LogP contribution in [0.1, 0.15) is 25.0 Å². The molecule has 0 aliphatic heterocycles. The summed E-state index contributed by atoms with van der Waals surface area (Å²) in [6.45, 7) is 5.12. The van der Waals surface area contributed by atoms with Crippen LogP contribution in [0.15, 0.2) is 54.1 Å². The van der Waals surface area contributed by atoms with Crippen LogP contribution in [0.5, 0.6) is 5.75 Å². The van der Waals surface area contributed by atoms with Gasteiger partial charge in [0.05, 0.1) is 12.8 Å². The first-order valence-electron chi connectivity index (χ1n) is 7.96. The van der Waals surface area contributed by atoms with Gasteiger partial charge in [0.15, 0.2) is 0 Å². The summed E-state index contributed by atoms with van der Waals surface area (Å²) in [4.78, 5) is 11.3. The number of carbonyl (C=O) groups excluding carboxylic acids is 1. The number of methoxy groups -OCH3 is 1. The van der Waals surface area contributed by atoms with Crippen molar-refractivity contribution in [1.29, 1.82) is 0 Å². The van der Waals surface area contributed by atoms with Gasteiger partial charge in [0.25, 0.3) is 0 Å². The smallest absolute Gasteiger partial charge is 0.221 e. The lowest BCUT2D eigenvalue weighted by molar-refractivity contribution is -0.114. The molecule has 0 fully saturated rings. The van der Waals surface area contributed by atoms with Crippen LogP contribution in [0.2, 0.25) is 0 Å². The molecule has 2 aromatic carbocycles.